The van der Waals surface area contributed by atoms with Crippen molar-refractivity contribution in [1.29, 1.82) is 0 Å². The van der Waals surface area contributed by atoms with Gasteiger partial charge in [-0.2, -0.15) is 0 Å². The van der Waals surface area contributed by atoms with E-state index in [4.69, 9.17) is 11.6 Å². The molecule has 2 N–H and O–H groups in total. The second-order valence-electron chi connectivity index (χ2n) is 4.21. The summed E-state index contributed by atoms with van der Waals surface area (Å²) in [5.74, 6) is -0.0725. The molecule has 1 amide bonds. The molecule has 2 heterocycles. The summed E-state index contributed by atoms with van der Waals surface area (Å²) in [6, 6.07) is 5.07. The van der Waals surface area contributed by atoms with Gasteiger partial charge in [0.1, 0.15) is 6.04 Å². The van der Waals surface area contributed by atoms with Crippen LogP contribution in [-0.4, -0.2) is 22.9 Å². The number of nitrogens with one attached hydrogen (secondary N) is 2. The Morgan fingerprint density at radius 2 is 2.10 bits per heavy atom. The van der Waals surface area contributed by atoms with E-state index in [9.17, 15) is 4.79 Å². The summed E-state index contributed by atoms with van der Waals surface area (Å²) in [5, 5.41) is 7.00. The average molecular weight is 307 g/mol. The molecule has 1 aliphatic rings. The molecule has 1 aromatic carbocycles. The molecule has 7 heteroatoms. The molecule has 0 radical (unpaired) electrons. The van der Waals surface area contributed by atoms with Crippen molar-refractivity contribution in [2.45, 2.75) is 16.1 Å². The quantitative estimate of drug-likeness (QED) is 0.853. The van der Waals surface area contributed by atoms with Gasteiger partial charge in [0, 0.05) is 28.5 Å². The highest BCUT2D eigenvalue weighted by Crippen LogP contribution is 2.40. The van der Waals surface area contributed by atoms with Crippen LogP contribution in [0.3, 0.4) is 0 Å². The lowest BCUT2D eigenvalue weighted by atomic mass is 10.1. The summed E-state index contributed by atoms with van der Waals surface area (Å²) in [7, 11) is 1.74. The molecule has 0 saturated heterocycles. The van der Waals surface area contributed by atoms with E-state index in [-0.39, 0.29) is 11.9 Å². The van der Waals surface area contributed by atoms with Crippen LogP contribution < -0.4 is 10.6 Å². The van der Waals surface area contributed by atoms with Gasteiger partial charge in [0.25, 0.3) is 0 Å². The first kappa shape index (κ1) is 13.4. The third-order valence-electron chi connectivity index (χ3n) is 2.97. The van der Waals surface area contributed by atoms with Crippen LogP contribution in [0.25, 0.3) is 0 Å². The number of halogens is 1. The number of aromatic nitrogens is 2. The SMILES string of the molecule is CNC1C(=O)Nc2cc(Sc3ncccn3)c(Cl)cc21. The van der Waals surface area contributed by atoms with Crippen LogP contribution in [0, 0.1) is 0 Å². The highest BCUT2D eigenvalue weighted by molar-refractivity contribution is 7.99. The minimum absolute atomic E-state index is 0.0725. The zero-order valence-electron chi connectivity index (χ0n) is 10.6. The lowest BCUT2D eigenvalue weighted by Crippen LogP contribution is -2.23. The highest BCUT2D eigenvalue weighted by atomic mass is 35.5. The van der Waals surface area contributed by atoms with E-state index in [1.165, 1.54) is 11.8 Å². The van der Waals surface area contributed by atoms with Crippen molar-refractivity contribution in [1.82, 2.24) is 15.3 Å². The predicted octanol–water partition coefficient (Wildman–Crippen LogP) is 2.49. The number of hydrogen-bond donors (Lipinski definition) is 2. The Labute approximate surface area is 125 Å². The minimum Gasteiger partial charge on any atom is -0.324 e. The molecule has 0 spiro atoms. The molecule has 3 rings (SSSR count). The molecule has 0 fully saturated rings. The largest absolute Gasteiger partial charge is 0.324 e. The molecule has 0 saturated carbocycles. The standard InChI is InChI=1S/C13H11ClN4OS/c1-15-11-7-5-8(14)10(6-9(7)18-12(11)19)20-13-16-3-2-4-17-13/h2-6,11,15H,1H3,(H,18,19). The Morgan fingerprint density at radius 1 is 1.35 bits per heavy atom. The van der Waals surface area contributed by atoms with Crippen molar-refractivity contribution < 1.29 is 4.79 Å². The van der Waals surface area contributed by atoms with E-state index in [0.717, 1.165) is 16.1 Å². The van der Waals surface area contributed by atoms with E-state index in [2.05, 4.69) is 20.6 Å². The van der Waals surface area contributed by atoms with E-state index in [1.54, 1.807) is 31.6 Å². The molecule has 102 valence electrons. The second-order valence-corrected chi connectivity index (χ2v) is 5.63. The summed E-state index contributed by atoms with van der Waals surface area (Å²) in [6.45, 7) is 0. The van der Waals surface area contributed by atoms with Crippen molar-refractivity contribution >= 4 is 35.0 Å². The topological polar surface area (TPSA) is 66.9 Å². The first-order chi connectivity index (χ1) is 9.69. The fourth-order valence-corrected chi connectivity index (χ4v) is 3.11. The number of nitrogens with zero attached hydrogens (tertiary/aromatic N) is 2. The first-order valence-corrected chi connectivity index (χ1v) is 7.15. The summed E-state index contributed by atoms with van der Waals surface area (Å²) >= 11 is 7.65. The maximum atomic E-state index is 11.8. The van der Waals surface area contributed by atoms with Crippen LogP contribution in [0.2, 0.25) is 5.02 Å². The fraction of sp³-hybridized carbons (Fsp3) is 0.154. The molecule has 1 aliphatic heterocycles. The van der Waals surface area contributed by atoms with Crippen molar-refractivity contribution in [2.24, 2.45) is 0 Å². The molecular formula is C13H11ClN4OS. The van der Waals surface area contributed by atoms with Gasteiger partial charge < -0.3 is 10.6 Å². The highest BCUT2D eigenvalue weighted by Gasteiger charge is 2.30. The van der Waals surface area contributed by atoms with Crippen LogP contribution in [0.4, 0.5) is 5.69 Å². The number of carbonyl (C=O) groups is 1. The minimum atomic E-state index is -0.352. The molecule has 1 atom stereocenters. The summed E-state index contributed by atoms with van der Waals surface area (Å²) in [5.41, 5.74) is 1.64. The van der Waals surface area contributed by atoms with E-state index < -0.39 is 0 Å². The third-order valence-corrected chi connectivity index (χ3v) is 4.34. The molecule has 1 aromatic heterocycles. The number of rotatable bonds is 3. The maximum absolute atomic E-state index is 11.8. The third kappa shape index (κ3) is 2.37. The zero-order valence-corrected chi connectivity index (χ0v) is 12.1. The summed E-state index contributed by atoms with van der Waals surface area (Å²) in [4.78, 5) is 20.9. The molecule has 20 heavy (non-hydrogen) atoms. The predicted molar refractivity (Wildman–Crippen MR) is 78.0 cm³/mol. The van der Waals surface area contributed by atoms with Gasteiger partial charge in [0.15, 0.2) is 5.16 Å². The van der Waals surface area contributed by atoms with Crippen molar-refractivity contribution in [3.63, 3.8) is 0 Å². The Hall–Kier alpha value is -1.63. The lowest BCUT2D eigenvalue weighted by Gasteiger charge is -2.09. The first-order valence-electron chi connectivity index (χ1n) is 5.95. The number of anilines is 1. The molecule has 0 aliphatic carbocycles. The summed E-state index contributed by atoms with van der Waals surface area (Å²) in [6.07, 6.45) is 3.35. The maximum Gasteiger partial charge on any atom is 0.246 e. The Balaban J connectivity index is 1.96. The van der Waals surface area contributed by atoms with Gasteiger partial charge in [-0.1, -0.05) is 11.6 Å². The van der Waals surface area contributed by atoms with Gasteiger partial charge in [-0.05, 0) is 37.0 Å². The zero-order chi connectivity index (χ0) is 14.1. The summed E-state index contributed by atoms with van der Waals surface area (Å²) < 4.78 is 0. The Bertz CT molecular complexity index is 665. The number of fused-ring (bicyclic) bond motifs is 1. The van der Waals surface area contributed by atoms with Crippen LogP contribution in [0.1, 0.15) is 11.6 Å². The van der Waals surface area contributed by atoms with E-state index >= 15 is 0 Å². The molecule has 0 bridgehead atoms. The van der Waals surface area contributed by atoms with Gasteiger partial charge in [-0.3, -0.25) is 4.79 Å². The van der Waals surface area contributed by atoms with Crippen molar-refractivity contribution in [2.75, 3.05) is 12.4 Å². The molecule has 2 aromatic rings. The number of hydrogen-bond acceptors (Lipinski definition) is 5. The van der Waals surface area contributed by atoms with Crippen LogP contribution in [0.15, 0.2) is 40.6 Å². The smallest absolute Gasteiger partial charge is 0.246 e. The van der Waals surface area contributed by atoms with Crippen molar-refractivity contribution in [3.05, 3.63) is 41.2 Å². The number of likely N-dealkylation sites (N-methyl/N-ethyl adjacent to an activating group) is 1. The van der Waals surface area contributed by atoms with Gasteiger partial charge in [-0.25, -0.2) is 9.97 Å². The Morgan fingerprint density at radius 3 is 2.80 bits per heavy atom. The van der Waals surface area contributed by atoms with Crippen LogP contribution >= 0.6 is 23.4 Å². The van der Waals surface area contributed by atoms with Gasteiger partial charge in [0.05, 0.1) is 5.02 Å². The number of carbonyl (C=O) groups excluding carboxylic acids is 1. The van der Waals surface area contributed by atoms with Gasteiger partial charge in [0.2, 0.25) is 5.91 Å². The second kappa shape index (κ2) is 5.40. The number of amides is 1. The number of benzene rings is 1. The van der Waals surface area contributed by atoms with Gasteiger partial charge >= 0.3 is 0 Å². The van der Waals surface area contributed by atoms with Crippen molar-refractivity contribution in [3.8, 4) is 0 Å². The van der Waals surface area contributed by atoms with Crippen LogP contribution in [-0.2, 0) is 4.79 Å². The Kier molecular flexibility index (Phi) is 3.60. The van der Waals surface area contributed by atoms with Gasteiger partial charge in [-0.15, -0.1) is 0 Å². The fourth-order valence-electron chi connectivity index (χ4n) is 2.06. The monoisotopic (exact) mass is 306 g/mol. The molecular weight excluding hydrogens is 296 g/mol. The van der Waals surface area contributed by atoms with E-state index in [0.29, 0.717) is 10.2 Å². The lowest BCUT2D eigenvalue weighted by molar-refractivity contribution is -0.117. The van der Waals surface area contributed by atoms with Crippen LogP contribution in [0.5, 0.6) is 0 Å². The van der Waals surface area contributed by atoms with E-state index in [1.807, 2.05) is 6.07 Å². The average Bonchev–Trinajstić information content (AvgIpc) is 2.75. The normalized spacial score (nSPS) is 16.9. The molecule has 5 nitrogen and oxygen atoms in total. The molecule has 1 unspecified atom stereocenters.